The van der Waals surface area contributed by atoms with E-state index in [2.05, 4.69) is 6.58 Å². The molecule has 0 radical (unpaired) electrons. The lowest BCUT2D eigenvalue weighted by atomic mass is 10.0. The van der Waals surface area contributed by atoms with Crippen LogP contribution in [-0.4, -0.2) is 23.4 Å². The average molecular weight is 142 g/mol. The zero-order valence-electron chi connectivity index (χ0n) is 6.29. The second-order valence-corrected chi connectivity index (χ2v) is 2.85. The van der Waals surface area contributed by atoms with Gasteiger partial charge >= 0.3 is 0 Å². The van der Waals surface area contributed by atoms with Gasteiger partial charge in [0.2, 0.25) is 0 Å². The molecule has 1 unspecified atom stereocenters. The first-order valence-electron chi connectivity index (χ1n) is 3.68. The average Bonchev–Trinajstić information content (AvgIpc) is 1.85. The summed E-state index contributed by atoms with van der Waals surface area (Å²) < 4.78 is 5.43. The molecule has 1 aliphatic rings. The Kier molecular flexibility index (Phi) is 2.46. The minimum absolute atomic E-state index is 0.0544. The summed E-state index contributed by atoms with van der Waals surface area (Å²) in [6.07, 6.45) is 3.23. The van der Waals surface area contributed by atoms with Crippen LogP contribution < -0.4 is 0 Å². The standard InChI is InChI=1S/C8H14O2/c1-3-8-5-7(9)4-6(2)10-8/h3,6-9H,1,4-5H2,2H3/t6-,7?,8+/m1/s1. The lowest BCUT2D eigenvalue weighted by Gasteiger charge is -2.29. The number of hydrogen-bond donors (Lipinski definition) is 1. The van der Waals surface area contributed by atoms with Gasteiger partial charge in [0, 0.05) is 6.42 Å². The smallest absolute Gasteiger partial charge is 0.0781 e. The molecule has 1 heterocycles. The minimum atomic E-state index is -0.202. The van der Waals surface area contributed by atoms with E-state index in [1.807, 2.05) is 6.92 Å². The highest BCUT2D eigenvalue weighted by Gasteiger charge is 2.22. The van der Waals surface area contributed by atoms with E-state index in [1.165, 1.54) is 0 Å². The first kappa shape index (κ1) is 7.76. The molecular formula is C8H14O2. The third-order valence-electron chi connectivity index (χ3n) is 1.78. The van der Waals surface area contributed by atoms with E-state index in [1.54, 1.807) is 6.08 Å². The van der Waals surface area contributed by atoms with Crippen LogP contribution in [0.5, 0.6) is 0 Å². The predicted octanol–water partition coefficient (Wildman–Crippen LogP) is 1.10. The molecule has 0 aliphatic carbocycles. The summed E-state index contributed by atoms with van der Waals surface area (Å²) in [4.78, 5) is 0. The number of aliphatic hydroxyl groups is 1. The molecule has 0 spiro atoms. The molecule has 2 heteroatoms. The zero-order chi connectivity index (χ0) is 7.56. The Morgan fingerprint density at radius 2 is 2.30 bits per heavy atom. The van der Waals surface area contributed by atoms with Gasteiger partial charge < -0.3 is 9.84 Å². The molecular weight excluding hydrogens is 128 g/mol. The van der Waals surface area contributed by atoms with Gasteiger partial charge in [-0.25, -0.2) is 0 Å². The van der Waals surface area contributed by atoms with Crippen molar-refractivity contribution >= 4 is 0 Å². The van der Waals surface area contributed by atoms with Crippen molar-refractivity contribution in [3.63, 3.8) is 0 Å². The summed E-state index contributed by atoms with van der Waals surface area (Å²) in [6.45, 7) is 5.59. The molecule has 58 valence electrons. The largest absolute Gasteiger partial charge is 0.393 e. The normalized spacial score (nSPS) is 41.2. The van der Waals surface area contributed by atoms with Crippen molar-refractivity contribution in [3.8, 4) is 0 Å². The van der Waals surface area contributed by atoms with Crippen LogP contribution in [0.15, 0.2) is 12.7 Å². The molecule has 10 heavy (non-hydrogen) atoms. The SMILES string of the molecule is C=C[C@H]1CC(O)C[C@@H](C)O1. The van der Waals surface area contributed by atoms with Crippen LogP contribution in [0, 0.1) is 0 Å². The van der Waals surface area contributed by atoms with Gasteiger partial charge in [-0.2, -0.15) is 0 Å². The van der Waals surface area contributed by atoms with E-state index in [4.69, 9.17) is 4.74 Å². The second-order valence-electron chi connectivity index (χ2n) is 2.85. The maximum Gasteiger partial charge on any atom is 0.0781 e. The van der Waals surface area contributed by atoms with Gasteiger partial charge in [0.1, 0.15) is 0 Å². The van der Waals surface area contributed by atoms with E-state index in [0.29, 0.717) is 6.42 Å². The van der Waals surface area contributed by atoms with Crippen LogP contribution in [0.3, 0.4) is 0 Å². The number of rotatable bonds is 1. The predicted molar refractivity (Wildman–Crippen MR) is 39.8 cm³/mol. The minimum Gasteiger partial charge on any atom is -0.393 e. The van der Waals surface area contributed by atoms with Gasteiger partial charge in [0.25, 0.3) is 0 Å². The van der Waals surface area contributed by atoms with E-state index in [9.17, 15) is 5.11 Å². The molecule has 2 nitrogen and oxygen atoms in total. The molecule has 0 aromatic carbocycles. The fourth-order valence-electron chi connectivity index (χ4n) is 1.31. The summed E-state index contributed by atoms with van der Waals surface area (Å²) in [7, 11) is 0. The molecule has 3 atom stereocenters. The van der Waals surface area contributed by atoms with Crippen molar-refractivity contribution in [1.82, 2.24) is 0 Å². The summed E-state index contributed by atoms with van der Waals surface area (Å²) in [5.74, 6) is 0. The maximum atomic E-state index is 9.25. The highest BCUT2D eigenvalue weighted by Crippen LogP contribution is 2.19. The molecule has 1 fully saturated rings. The number of aliphatic hydroxyl groups excluding tert-OH is 1. The molecule has 1 rings (SSSR count). The molecule has 0 aromatic rings. The molecule has 1 saturated heterocycles. The van der Waals surface area contributed by atoms with Gasteiger partial charge in [-0.1, -0.05) is 6.08 Å². The van der Waals surface area contributed by atoms with Gasteiger partial charge in [-0.15, -0.1) is 6.58 Å². The van der Waals surface area contributed by atoms with Gasteiger partial charge in [0.05, 0.1) is 18.3 Å². The Bertz CT molecular complexity index is 112. The highest BCUT2D eigenvalue weighted by molar-refractivity contribution is 4.86. The van der Waals surface area contributed by atoms with Crippen LogP contribution in [0.1, 0.15) is 19.8 Å². The molecule has 0 saturated carbocycles. The molecule has 0 amide bonds. The fraction of sp³-hybridized carbons (Fsp3) is 0.750. The molecule has 1 N–H and O–H groups in total. The molecule has 0 aromatic heterocycles. The Balaban J connectivity index is 2.42. The van der Waals surface area contributed by atoms with Crippen molar-refractivity contribution in [1.29, 1.82) is 0 Å². The van der Waals surface area contributed by atoms with Gasteiger partial charge in [-0.05, 0) is 13.3 Å². The van der Waals surface area contributed by atoms with Crippen LogP contribution in [0.2, 0.25) is 0 Å². The van der Waals surface area contributed by atoms with E-state index < -0.39 is 0 Å². The number of ether oxygens (including phenoxy) is 1. The quantitative estimate of drug-likeness (QED) is 0.555. The lowest BCUT2D eigenvalue weighted by Crippen LogP contribution is -2.32. The van der Waals surface area contributed by atoms with E-state index >= 15 is 0 Å². The van der Waals surface area contributed by atoms with Crippen LogP contribution in [0.4, 0.5) is 0 Å². The first-order chi connectivity index (χ1) is 4.72. The third-order valence-corrected chi connectivity index (χ3v) is 1.78. The summed E-state index contributed by atoms with van der Waals surface area (Å²) in [5, 5.41) is 9.25. The highest BCUT2D eigenvalue weighted by atomic mass is 16.5. The lowest BCUT2D eigenvalue weighted by molar-refractivity contribution is -0.0671. The van der Waals surface area contributed by atoms with Crippen LogP contribution >= 0.6 is 0 Å². The first-order valence-corrected chi connectivity index (χ1v) is 3.68. The summed E-state index contributed by atoms with van der Waals surface area (Å²) in [6, 6.07) is 0. The number of hydrogen-bond acceptors (Lipinski definition) is 2. The Labute approximate surface area is 61.5 Å². The maximum absolute atomic E-state index is 9.25. The summed E-state index contributed by atoms with van der Waals surface area (Å²) >= 11 is 0. The second kappa shape index (κ2) is 3.17. The molecule has 0 bridgehead atoms. The van der Waals surface area contributed by atoms with Crippen molar-refractivity contribution in [2.45, 2.75) is 38.1 Å². The molecule has 1 aliphatic heterocycles. The van der Waals surface area contributed by atoms with Crippen LogP contribution in [-0.2, 0) is 4.74 Å². The Hall–Kier alpha value is -0.340. The topological polar surface area (TPSA) is 29.5 Å². The van der Waals surface area contributed by atoms with Crippen molar-refractivity contribution in [2.24, 2.45) is 0 Å². The zero-order valence-corrected chi connectivity index (χ0v) is 6.29. The van der Waals surface area contributed by atoms with Gasteiger partial charge in [-0.3, -0.25) is 0 Å². The van der Waals surface area contributed by atoms with Crippen molar-refractivity contribution in [2.75, 3.05) is 0 Å². The Morgan fingerprint density at radius 1 is 1.60 bits per heavy atom. The third kappa shape index (κ3) is 1.82. The Morgan fingerprint density at radius 3 is 2.80 bits per heavy atom. The van der Waals surface area contributed by atoms with Gasteiger partial charge in [0.15, 0.2) is 0 Å². The van der Waals surface area contributed by atoms with Crippen molar-refractivity contribution < 1.29 is 9.84 Å². The fourth-order valence-corrected chi connectivity index (χ4v) is 1.31. The van der Waals surface area contributed by atoms with E-state index in [-0.39, 0.29) is 18.3 Å². The monoisotopic (exact) mass is 142 g/mol. The van der Waals surface area contributed by atoms with Crippen LogP contribution in [0.25, 0.3) is 0 Å². The summed E-state index contributed by atoms with van der Waals surface area (Å²) in [5.41, 5.74) is 0. The van der Waals surface area contributed by atoms with E-state index in [0.717, 1.165) is 6.42 Å². The van der Waals surface area contributed by atoms with Crippen molar-refractivity contribution in [3.05, 3.63) is 12.7 Å².